The zero-order chi connectivity index (χ0) is 15.1. The summed E-state index contributed by atoms with van der Waals surface area (Å²) in [5.74, 6) is 0.318. The molecule has 1 fully saturated rings. The summed E-state index contributed by atoms with van der Waals surface area (Å²) in [5, 5.41) is 0. The summed E-state index contributed by atoms with van der Waals surface area (Å²) in [6.45, 7) is 6.85. The molecule has 2 rings (SSSR count). The highest BCUT2D eigenvalue weighted by atomic mass is 19.1. The molecule has 0 saturated carbocycles. The number of rotatable bonds is 7. The summed E-state index contributed by atoms with van der Waals surface area (Å²) in [5.41, 5.74) is 6.82. The molecule has 0 aliphatic carbocycles. The molecule has 1 aromatic rings. The van der Waals surface area contributed by atoms with E-state index < -0.39 is 0 Å². The van der Waals surface area contributed by atoms with Crippen LogP contribution in [0.1, 0.15) is 18.9 Å². The van der Waals surface area contributed by atoms with Gasteiger partial charge in [-0.15, -0.1) is 0 Å². The zero-order valence-electron chi connectivity index (χ0n) is 12.7. The fourth-order valence-electron chi connectivity index (χ4n) is 2.39. The van der Waals surface area contributed by atoms with Gasteiger partial charge in [-0.1, -0.05) is 6.92 Å². The van der Waals surface area contributed by atoms with E-state index in [1.807, 2.05) is 13.0 Å². The van der Waals surface area contributed by atoms with Crippen LogP contribution >= 0.6 is 0 Å². The van der Waals surface area contributed by atoms with Gasteiger partial charge in [0.1, 0.15) is 18.2 Å². The Bertz CT molecular complexity index is 436. The van der Waals surface area contributed by atoms with Crippen molar-refractivity contribution >= 4 is 0 Å². The maximum Gasteiger partial charge on any atom is 0.127 e. The van der Waals surface area contributed by atoms with Crippen molar-refractivity contribution in [2.24, 2.45) is 5.73 Å². The molecule has 1 atom stereocenters. The van der Waals surface area contributed by atoms with Crippen LogP contribution in [0.25, 0.3) is 0 Å². The lowest BCUT2D eigenvalue weighted by molar-refractivity contribution is 0.0322. The van der Waals surface area contributed by atoms with Crippen LogP contribution in [0.2, 0.25) is 0 Å². The Morgan fingerprint density at radius 3 is 2.81 bits per heavy atom. The second-order valence-electron chi connectivity index (χ2n) is 5.47. The minimum Gasteiger partial charge on any atom is -0.492 e. The van der Waals surface area contributed by atoms with E-state index in [1.165, 1.54) is 12.1 Å². The number of hydrogen-bond acceptors (Lipinski definition) is 4. The summed E-state index contributed by atoms with van der Waals surface area (Å²) in [6.07, 6.45) is 1.55. The molecule has 2 N–H and O–H groups in total. The average molecular weight is 296 g/mol. The Morgan fingerprint density at radius 2 is 2.10 bits per heavy atom. The monoisotopic (exact) mass is 296 g/mol. The Labute approximate surface area is 126 Å². The molecule has 1 aliphatic rings. The number of hydrogen-bond donors (Lipinski definition) is 1. The van der Waals surface area contributed by atoms with Crippen LogP contribution in [0.3, 0.4) is 0 Å². The molecular formula is C16H25FN2O2. The van der Waals surface area contributed by atoms with Crippen molar-refractivity contribution in [3.8, 4) is 5.75 Å². The van der Waals surface area contributed by atoms with Gasteiger partial charge in [0, 0.05) is 31.7 Å². The van der Waals surface area contributed by atoms with E-state index in [9.17, 15) is 4.39 Å². The van der Waals surface area contributed by atoms with Gasteiger partial charge in [0.15, 0.2) is 0 Å². The predicted molar refractivity (Wildman–Crippen MR) is 81.1 cm³/mol. The summed E-state index contributed by atoms with van der Waals surface area (Å²) in [7, 11) is 0. The second kappa shape index (κ2) is 8.32. The van der Waals surface area contributed by atoms with Crippen molar-refractivity contribution in [3.05, 3.63) is 29.6 Å². The third-order valence-corrected chi connectivity index (χ3v) is 3.73. The van der Waals surface area contributed by atoms with E-state index in [0.717, 1.165) is 44.8 Å². The van der Waals surface area contributed by atoms with Crippen LogP contribution in [-0.2, 0) is 11.2 Å². The molecule has 21 heavy (non-hydrogen) atoms. The first kappa shape index (κ1) is 16.2. The fraction of sp³-hybridized carbons (Fsp3) is 0.625. The molecule has 0 amide bonds. The maximum absolute atomic E-state index is 13.6. The van der Waals surface area contributed by atoms with Gasteiger partial charge in [-0.05, 0) is 30.5 Å². The lowest BCUT2D eigenvalue weighted by atomic mass is 10.0. The molecule has 118 valence electrons. The molecule has 1 aliphatic heterocycles. The van der Waals surface area contributed by atoms with Gasteiger partial charge in [0.2, 0.25) is 0 Å². The van der Waals surface area contributed by atoms with Crippen molar-refractivity contribution in [2.45, 2.75) is 25.8 Å². The van der Waals surface area contributed by atoms with Crippen molar-refractivity contribution in [2.75, 3.05) is 39.5 Å². The fourth-order valence-corrected chi connectivity index (χ4v) is 2.39. The highest BCUT2D eigenvalue weighted by Gasteiger charge is 2.10. The van der Waals surface area contributed by atoms with Gasteiger partial charge in [0.05, 0.1) is 13.2 Å². The van der Waals surface area contributed by atoms with Gasteiger partial charge < -0.3 is 15.2 Å². The van der Waals surface area contributed by atoms with Crippen LogP contribution in [0, 0.1) is 5.82 Å². The Kier molecular flexibility index (Phi) is 6.42. The topological polar surface area (TPSA) is 47.7 Å². The summed E-state index contributed by atoms with van der Waals surface area (Å²) >= 11 is 0. The maximum atomic E-state index is 13.6. The quantitative estimate of drug-likeness (QED) is 0.834. The Hall–Kier alpha value is -1.17. The minimum absolute atomic E-state index is 0.0630. The lowest BCUT2D eigenvalue weighted by Crippen LogP contribution is -2.38. The van der Waals surface area contributed by atoms with Crippen molar-refractivity contribution in [1.29, 1.82) is 0 Å². The number of halogens is 1. The smallest absolute Gasteiger partial charge is 0.127 e. The molecule has 1 saturated heterocycles. The Balaban J connectivity index is 1.84. The zero-order valence-corrected chi connectivity index (χ0v) is 12.7. The molecule has 1 unspecified atom stereocenters. The molecule has 1 heterocycles. The van der Waals surface area contributed by atoms with E-state index in [2.05, 4.69) is 4.90 Å². The summed E-state index contributed by atoms with van der Waals surface area (Å²) < 4.78 is 24.6. The van der Waals surface area contributed by atoms with Crippen LogP contribution in [0.15, 0.2) is 18.2 Å². The first-order chi connectivity index (χ1) is 10.2. The molecule has 0 spiro atoms. The lowest BCUT2D eigenvalue weighted by Gasteiger charge is -2.26. The van der Waals surface area contributed by atoms with E-state index in [0.29, 0.717) is 18.8 Å². The largest absolute Gasteiger partial charge is 0.492 e. The van der Waals surface area contributed by atoms with Crippen molar-refractivity contribution < 1.29 is 13.9 Å². The number of morpholine rings is 1. The van der Waals surface area contributed by atoms with Gasteiger partial charge in [-0.3, -0.25) is 4.90 Å². The van der Waals surface area contributed by atoms with E-state index in [-0.39, 0.29) is 11.9 Å². The second-order valence-corrected chi connectivity index (χ2v) is 5.47. The summed E-state index contributed by atoms with van der Waals surface area (Å²) in [6, 6.07) is 4.91. The van der Waals surface area contributed by atoms with E-state index in [1.54, 1.807) is 0 Å². The normalized spacial score (nSPS) is 17.7. The van der Waals surface area contributed by atoms with E-state index >= 15 is 0 Å². The highest BCUT2D eigenvalue weighted by Crippen LogP contribution is 2.18. The number of nitrogens with zero attached hydrogens (tertiary/aromatic N) is 1. The number of nitrogens with two attached hydrogens (primary N) is 1. The first-order valence-corrected chi connectivity index (χ1v) is 7.65. The molecule has 0 aromatic heterocycles. The van der Waals surface area contributed by atoms with Crippen LogP contribution in [0.4, 0.5) is 4.39 Å². The van der Waals surface area contributed by atoms with Crippen LogP contribution < -0.4 is 10.5 Å². The molecule has 0 radical (unpaired) electrons. The van der Waals surface area contributed by atoms with Gasteiger partial charge in [-0.25, -0.2) is 4.39 Å². The number of benzene rings is 1. The molecule has 0 bridgehead atoms. The average Bonchev–Trinajstić information content (AvgIpc) is 2.47. The van der Waals surface area contributed by atoms with Crippen molar-refractivity contribution in [3.63, 3.8) is 0 Å². The molecule has 1 aromatic carbocycles. The molecule has 4 nitrogen and oxygen atoms in total. The van der Waals surface area contributed by atoms with Crippen molar-refractivity contribution in [1.82, 2.24) is 4.90 Å². The van der Waals surface area contributed by atoms with Gasteiger partial charge >= 0.3 is 0 Å². The standard InChI is InChI=1S/C16H25FN2O2/c1-2-15(18)10-13-9-14(17)12-16(11-13)21-8-5-19-3-6-20-7-4-19/h9,11-12,15H,2-8,10,18H2,1H3. The third-order valence-electron chi connectivity index (χ3n) is 3.73. The molecule has 5 heteroatoms. The Morgan fingerprint density at radius 1 is 1.33 bits per heavy atom. The van der Waals surface area contributed by atoms with Crippen LogP contribution in [-0.4, -0.2) is 50.4 Å². The van der Waals surface area contributed by atoms with Crippen LogP contribution in [0.5, 0.6) is 5.75 Å². The number of ether oxygens (including phenoxy) is 2. The van der Waals surface area contributed by atoms with E-state index in [4.69, 9.17) is 15.2 Å². The van der Waals surface area contributed by atoms with Gasteiger partial charge in [0.25, 0.3) is 0 Å². The third kappa shape index (κ3) is 5.61. The first-order valence-electron chi connectivity index (χ1n) is 7.65. The minimum atomic E-state index is -0.267. The SMILES string of the molecule is CCC(N)Cc1cc(F)cc(OCCN2CCOCC2)c1. The predicted octanol–water partition coefficient (Wildman–Crippen LogP) is 1.82. The van der Waals surface area contributed by atoms with Gasteiger partial charge in [-0.2, -0.15) is 0 Å². The highest BCUT2D eigenvalue weighted by molar-refractivity contribution is 5.30. The summed E-state index contributed by atoms with van der Waals surface area (Å²) in [4.78, 5) is 2.29. The molecular weight excluding hydrogens is 271 g/mol.